The minimum Gasteiger partial charge on any atom is -0.389 e. The molecule has 0 radical (unpaired) electrons. The molecule has 0 fully saturated rings. The molecular formula is C14H27NO3. The number of rotatable bonds is 9. The van der Waals surface area contributed by atoms with Crippen LogP contribution in [0, 0.1) is 0 Å². The highest BCUT2D eigenvalue weighted by Crippen LogP contribution is 2.10. The molecule has 0 saturated carbocycles. The number of aliphatic hydroxyl groups excluding tert-OH is 1. The van der Waals surface area contributed by atoms with Crippen molar-refractivity contribution in [1.29, 1.82) is 0 Å². The van der Waals surface area contributed by atoms with Gasteiger partial charge in [0.15, 0.2) is 0 Å². The summed E-state index contributed by atoms with van der Waals surface area (Å²) in [6, 6.07) is 0.508. The first-order valence-electron chi connectivity index (χ1n) is 6.94. The maximum absolute atomic E-state index is 9.74. The van der Waals surface area contributed by atoms with Gasteiger partial charge >= 0.3 is 0 Å². The Balaban J connectivity index is 1.93. The molecule has 4 heteroatoms. The number of hydrogen-bond acceptors (Lipinski definition) is 4. The molecule has 106 valence electrons. The van der Waals surface area contributed by atoms with E-state index in [2.05, 4.69) is 17.5 Å². The maximum Gasteiger partial charge on any atom is 0.0897 e. The molecule has 1 aliphatic rings. The standard InChI is InChI=1S/C14H27NO3/c1-12(2)18-9-8-17-11-14(16)10-15-13-6-4-3-5-7-13/h3-4,12-16H,5-11H2,1-2H3. The molecular weight excluding hydrogens is 230 g/mol. The third kappa shape index (κ3) is 7.82. The molecule has 0 heterocycles. The van der Waals surface area contributed by atoms with Gasteiger partial charge in [-0.05, 0) is 33.1 Å². The van der Waals surface area contributed by atoms with Crippen molar-refractivity contribution in [3.8, 4) is 0 Å². The smallest absolute Gasteiger partial charge is 0.0897 e. The molecule has 1 aliphatic carbocycles. The lowest BCUT2D eigenvalue weighted by atomic mass is 10.0. The minimum atomic E-state index is -0.435. The molecule has 18 heavy (non-hydrogen) atoms. The van der Waals surface area contributed by atoms with Crippen LogP contribution in [0.25, 0.3) is 0 Å². The van der Waals surface area contributed by atoms with Gasteiger partial charge in [0.1, 0.15) is 0 Å². The van der Waals surface area contributed by atoms with Crippen LogP contribution in [-0.4, -0.2) is 49.7 Å². The van der Waals surface area contributed by atoms with Crippen molar-refractivity contribution < 1.29 is 14.6 Å². The van der Waals surface area contributed by atoms with Gasteiger partial charge in [0.25, 0.3) is 0 Å². The lowest BCUT2D eigenvalue weighted by Gasteiger charge is -2.21. The van der Waals surface area contributed by atoms with Crippen molar-refractivity contribution in [3.63, 3.8) is 0 Å². The average molecular weight is 257 g/mol. The Morgan fingerprint density at radius 1 is 1.33 bits per heavy atom. The summed E-state index contributed by atoms with van der Waals surface area (Å²) in [5.74, 6) is 0. The van der Waals surface area contributed by atoms with Gasteiger partial charge in [-0.1, -0.05) is 12.2 Å². The molecule has 2 atom stereocenters. The third-order valence-electron chi connectivity index (χ3n) is 2.90. The first-order chi connectivity index (χ1) is 8.68. The van der Waals surface area contributed by atoms with Crippen LogP contribution >= 0.6 is 0 Å². The molecule has 2 unspecified atom stereocenters. The molecule has 0 aromatic carbocycles. The van der Waals surface area contributed by atoms with Crippen LogP contribution in [0.15, 0.2) is 12.2 Å². The molecule has 0 aromatic rings. The van der Waals surface area contributed by atoms with E-state index in [1.165, 1.54) is 0 Å². The van der Waals surface area contributed by atoms with Crippen molar-refractivity contribution in [1.82, 2.24) is 5.32 Å². The Hall–Kier alpha value is -0.420. The lowest BCUT2D eigenvalue weighted by molar-refractivity contribution is -0.0105. The Morgan fingerprint density at radius 2 is 2.17 bits per heavy atom. The number of nitrogens with one attached hydrogen (secondary N) is 1. The zero-order valence-corrected chi connectivity index (χ0v) is 11.6. The summed E-state index contributed by atoms with van der Waals surface area (Å²) in [7, 11) is 0. The Kier molecular flexibility index (Phi) is 8.25. The second-order valence-corrected chi connectivity index (χ2v) is 5.04. The number of aliphatic hydroxyl groups is 1. The summed E-state index contributed by atoms with van der Waals surface area (Å²) >= 11 is 0. The van der Waals surface area contributed by atoms with Crippen LogP contribution < -0.4 is 5.32 Å². The van der Waals surface area contributed by atoms with Gasteiger partial charge in [-0.2, -0.15) is 0 Å². The molecule has 0 aromatic heterocycles. The van der Waals surface area contributed by atoms with Crippen molar-refractivity contribution in [2.24, 2.45) is 0 Å². The quantitative estimate of drug-likeness (QED) is 0.485. The number of ether oxygens (including phenoxy) is 2. The normalized spacial score (nSPS) is 21.4. The average Bonchev–Trinajstić information content (AvgIpc) is 2.37. The molecule has 0 amide bonds. The summed E-state index contributed by atoms with van der Waals surface area (Å²) in [6.45, 7) is 6.10. The largest absolute Gasteiger partial charge is 0.389 e. The molecule has 1 rings (SSSR count). The highest BCUT2D eigenvalue weighted by molar-refractivity contribution is 4.93. The molecule has 0 bridgehead atoms. The number of hydrogen-bond donors (Lipinski definition) is 2. The maximum atomic E-state index is 9.74. The predicted octanol–water partition coefficient (Wildman–Crippen LogP) is 1.49. The van der Waals surface area contributed by atoms with Crippen LogP contribution in [0.5, 0.6) is 0 Å². The van der Waals surface area contributed by atoms with Crippen molar-refractivity contribution >= 4 is 0 Å². The lowest BCUT2D eigenvalue weighted by Crippen LogP contribution is -2.38. The van der Waals surface area contributed by atoms with E-state index >= 15 is 0 Å². The SMILES string of the molecule is CC(C)OCCOCC(O)CNC1CC=CCC1. The van der Waals surface area contributed by atoms with Gasteiger partial charge in [0.2, 0.25) is 0 Å². The van der Waals surface area contributed by atoms with E-state index in [4.69, 9.17) is 9.47 Å². The van der Waals surface area contributed by atoms with E-state index in [0.717, 1.165) is 19.3 Å². The van der Waals surface area contributed by atoms with Crippen molar-refractivity contribution in [3.05, 3.63) is 12.2 Å². The first-order valence-corrected chi connectivity index (χ1v) is 6.94. The topological polar surface area (TPSA) is 50.7 Å². The molecule has 0 spiro atoms. The highest BCUT2D eigenvalue weighted by Gasteiger charge is 2.11. The first kappa shape index (κ1) is 15.6. The summed E-state index contributed by atoms with van der Waals surface area (Å²) in [6.07, 6.45) is 7.58. The van der Waals surface area contributed by atoms with Crippen LogP contribution in [0.1, 0.15) is 33.1 Å². The summed E-state index contributed by atoms with van der Waals surface area (Å²) < 4.78 is 10.7. The van der Waals surface area contributed by atoms with E-state index in [1.54, 1.807) is 0 Å². The van der Waals surface area contributed by atoms with Crippen molar-refractivity contribution in [2.75, 3.05) is 26.4 Å². The highest BCUT2D eigenvalue weighted by atomic mass is 16.5. The van der Waals surface area contributed by atoms with E-state index < -0.39 is 6.10 Å². The second kappa shape index (κ2) is 9.50. The van der Waals surface area contributed by atoms with E-state index in [0.29, 0.717) is 32.4 Å². The Labute approximate surface area is 110 Å². The van der Waals surface area contributed by atoms with E-state index in [-0.39, 0.29) is 6.10 Å². The third-order valence-corrected chi connectivity index (χ3v) is 2.90. The summed E-state index contributed by atoms with van der Waals surface area (Å²) in [5, 5.41) is 13.1. The van der Waals surface area contributed by atoms with Crippen LogP contribution in [0.3, 0.4) is 0 Å². The molecule has 4 nitrogen and oxygen atoms in total. The van der Waals surface area contributed by atoms with Crippen molar-refractivity contribution in [2.45, 2.75) is 51.4 Å². The van der Waals surface area contributed by atoms with Gasteiger partial charge in [0, 0.05) is 12.6 Å². The summed E-state index contributed by atoms with van der Waals surface area (Å²) in [5.41, 5.74) is 0. The van der Waals surface area contributed by atoms with Crippen LogP contribution in [0.4, 0.5) is 0 Å². The van der Waals surface area contributed by atoms with Gasteiger partial charge in [-0.3, -0.25) is 0 Å². The Bertz CT molecular complexity index is 231. The zero-order valence-electron chi connectivity index (χ0n) is 11.6. The van der Waals surface area contributed by atoms with Crippen LogP contribution in [0.2, 0.25) is 0 Å². The minimum absolute atomic E-state index is 0.236. The van der Waals surface area contributed by atoms with Gasteiger partial charge in [-0.25, -0.2) is 0 Å². The summed E-state index contributed by atoms with van der Waals surface area (Å²) in [4.78, 5) is 0. The van der Waals surface area contributed by atoms with Gasteiger partial charge in [-0.15, -0.1) is 0 Å². The van der Waals surface area contributed by atoms with E-state index in [9.17, 15) is 5.11 Å². The zero-order chi connectivity index (χ0) is 13.2. The second-order valence-electron chi connectivity index (χ2n) is 5.04. The fraction of sp³-hybridized carbons (Fsp3) is 0.857. The fourth-order valence-corrected chi connectivity index (χ4v) is 1.90. The molecule has 0 aliphatic heterocycles. The van der Waals surface area contributed by atoms with Crippen LogP contribution in [-0.2, 0) is 9.47 Å². The number of allylic oxidation sites excluding steroid dienone is 1. The van der Waals surface area contributed by atoms with Gasteiger partial charge in [0.05, 0.1) is 32.0 Å². The predicted molar refractivity (Wildman–Crippen MR) is 72.7 cm³/mol. The fourth-order valence-electron chi connectivity index (χ4n) is 1.90. The monoisotopic (exact) mass is 257 g/mol. The molecule has 2 N–H and O–H groups in total. The van der Waals surface area contributed by atoms with Gasteiger partial charge < -0.3 is 19.9 Å². The Morgan fingerprint density at radius 3 is 2.83 bits per heavy atom. The molecule has 0 saturated heterocycles. The van der Waals surface area contributed by atoms with E-state index in [1.807, 2.05) is 13.8 Å².